The molecule has 0 unspecified atom stereocenters. The summed E-state index contributed by atoms with van der Waals surface area (Å²) in [4.78, 5) is 16.2. The highest BCUT2D eigenvalue weighted by molar-refractivity contribution is 8.01. The fourth-order valence-electron chi connectivity index (χ4n) is 1.56. The molecule has 1 aromatic heterocycles. The van der Waals surface area contributed by atoms with Crippen LogP contribution in [0, 0.1) is 0 Å². The van der Waals surface area contributed by atoms with Crippen molar-refractivity contribution in [3.8, 4) is 0 Å². The van der Waals surface area contributed by atoms with Crippen LogP contribution in [0.15, 0.2) is 33.5 Å². The molecule has 1 fully saturated rings. The quantitative estimate of drug-likeness (QED) is 0.930. The molecule has 0 amide bonds. The van der Waals surface area contributed by atoms with Gasteiger partial charge in [0.2, 0.25) is 0 Å². The minimum absolute atomic E-state index is 0.298. The maximum Gasteiger partial charge on any atom is 0.335 e. The first-order chi connectivity index (χ1) is 8.72. The van der Waals surface area contributed by atoms with E-state index in [4.69, 9.17) is 5.11 Å². The fourth-order valence-corrected chi connectivity index (χ4v) is 3.28. The first-order valence-electron chi connectivity index (χ1n) is 5.57. The molecule has 1 aliphatic carbocycles. The van der Waals surface area contributed by atoms with Gasteiger partial charge >= 0.3 is 5.97 Å². The highest BCUT2D eigenvalue weighted by atomic mass is 32.2. The number of rotatable bonds is 4. The van der Waals surface area contributed by atoms with E-state index in [0.29, 0.717) is 11.5 Å². The predicted molar refractivity (Wildman–Crippen MR) is 69.4 cm³/mol. The second kappa shape index (κ2) is 4.70. The molecule has 0 atom stereocenters. The van der Waals surface area contributed by atoms with Crippen LogP contribution in [0.5, 0.6) is 0 Å². The van der Waals surface area contributed by atoms with Gasteiger partial charge in [0.25, 0.3) is 0 Å². The van der Waals surface area contributed by atoms with Crippen LogP contribution in [0.1, 0.15) is 34.9 Å². The lowest BCUT2D eigenvalue weighted by Gasteiger charge is -1.98. The summed E-state index contributed by atoms with van der Waals surface area (Å²) in [6, 6.07) is 6.87. The molecule has 0 spiro atoms. The van der Waals surface area contributed by atoms with Crippen LogP contribution in [0.3, 0.4) is 0 Å². The number of benzene rings is 1. The molecule has 1 heterocycles. The van der Waals surface area contributed by atoms with E-state index in [-0.39, 0.29) is 0 Å². The van der Waals surface area contributed by atoms with E-state index in [0.717, 1.165) is 15.1 Å². The van der Waals surface area contributed by atoms with Gasteiger partial charge < -0.3 is 5.11 Å². The van der Waals surface area contributed by atoms with Crippen molar-refractivity contribution in [2.45, 2.75) is 28.0 Å². The van der Waals surface area contributed by atoms with Crippen molar-refractivity contribution in [2.24, 2.45) is 0 Å². The van der Waals surface area contributed by atoms with Gasteiger partial charge in [-0.3, -0.25) is 0 Å². The van der Waals surface area contributed by atoms with E-state index in [1.54, 1.807) is 18.2 Å². The van der Waals surface area contributed by atoms with E-state index in [2.05, 4.69) is 9.36 Å². The van der Waals surface area contributed by atoms with Crippen LogP contribution in [0.25, 0.3) is 0 Å². The molecule has 1 N–H and O–H groups in total. The van der Waals surface area contributed by atoms with Gasteiger partial charge in [0.1, 0.15) is 5.82 Å². The second-order valence-corrected chi connectivity index (χ2v) is 6.20. The van der Waals surface area contributed by atoms with Crippen molar-refractivity contribution in [2.75, 3.05) is 0 Å². The number of carboxylic acids is 1. The lowest BCUT2D eigenvalue weighted by molar-refractivity contribution is 0.0696. The smallest absolute Gasteiger partial charge is 0.335 e. The van der Waals surface area contributed by atoms with Crippen molar-refractivity contribution in [1.29, 1.82) is 0 Å². The molecule has 3 rings (SSSR count). The lowest BCUT2D eigenvalue weighted by Crippen LogP contribution is -1.95. The molecule has 0 saturated heterocycles. The molecule has 92 valence electrons. The van der Waals surface area contributed by atoms with Crippen LogP contribution in [-0.4, -0.2) is 20.4 Å². The molecular formula is C12H10N2O2S2. The minimum Gasteiger partial charge on any atom is -0.478 e. The second-order valence-electron chi connectivity index (χ2n) is 4.13. The Morgan fingerprint density at radius 1 is 1.44 bits per heavy atom. The molecule has 18 heavy (non-hydrogen) atoms. The minimum atomic E-state index is -0.909. The number of nitrogens with zero attached hydrogens (tertiary/aromatic N) is 2. The van der Waals surface area contributed by atoms with Gasteiger partial charge in [-0.25, -0.2) is 9.78 Å². The van der Waals surface area contributed by atoms with Crippen molar-refractivity contribution >= 4 is 29.3 Å². The van der Waals surface area contributed by atoms with Crippen LogP contribution < -0.4 is 0 Å². The molecule has 1 aromatic carbocycles. The molecule has 0 aliphatic heterocycles. The van der Waals surface area contributed by atoms with E-state index >= 15 is 0 Å². The third kappa shape index (κ3) is 2.54. The Morgan fingerprint density at radius 3 is 3.00 bits per heavy atom. The number of carboxylic acid groups (broad SMARTS) is 1. The molecule has 6 heteroatoms. The van der Waals surface area contributed by atoms with Gasteiger partial charge in [0.15, 0.2) is 4.34 Å². The Hall–Kier alpha value is -1.40. The number of hydrogen-bond donors (Lipinski definition) is 1. The molecule has 2 aromatic rings. The lowest BCUT2D eigenvalue weighted by atomic mass is 10.2. The van der Waals surface area contributed by atoms with Gasteiger partial charge in [-0.1, -0.05) is 17.8 Å². The molecule has 0 radical (unpaired) electrons. The highest BCUT2D eigenvalue weighted by Crippen LogP contribution is 2.40. The third-order valence-electron chi connectivity index (χ3n) is 2.65. The summed E-state index contributed by atoms with van der Waals surface area (Å²) in [5.74, 6) is 0.589. The predicted octanol–water partition coefficient (Wildman–Crippen LogP) is 3.26. The number of aromatic nitrogens is 2. The van der Waals surface area contributed by atoms with Crippen LogP contribution >= 0.6 is 23.3 Å². The van der Waals surface area contributed by atoms with Gasteiger partial charge in [0.05, 0.1) is 5.56 Å². The third-order valence-corrected chi connectivity index (χ3v) is 4.41. The molecule has 1 aliphatic rings. The summed E-state index contributed by atoms with van der Waals surface area (Å²) in [5, 5.41) is 8.93. The first kappa shape index (κ1) is 11.7. The Labute approximate surface area is 112 Å². The van der Waals surface area contributed by atoms with Crippen molar-refractivity contribution in [3.63, 3.8) is 0 Å². The standard InChI is InChI=1S/C12H10N2O2S2/c15-11(16)8-2-1-3-9(6-8)17-12-13-10(14-18-12)7-4-5-7/h1-3,6-7H,4-5H2,(H,15,16). The molecule has 4 nitrogen and oxygen atoms in total. The summed E-state index contributed by atoms with van der Waals surface area (Å²) in [7, 11) is 0. The SMILES string of the molecule is O=C(O)c1cccc(Sc2nc(C3CC3)ns2)c1. The fraction of sp³-hybridized carbons (Fsp3) is 0.250. The van der Waals surface area contributed by atoms with Crippen LogP contribution in [0.4, 0.5) is 0 Å². The Morgan fingerprint density at radius 2 is 2.28 bits per heavy atom. The summed E-state index contributed by atoms with van der Waals surface area (Å²) < 4.78 is 5.20. The number of aromatic carboxylic acids is 1. The van der Waals surface area contributed by atoms with E-state index in [1.807, 2.05) is 6.07 Å². The monoisotopic (exact) mass is 278 g/mol. The van der Waals surface area contributed by atoms with Crippen molar-refractivity contribution < 1.29 is 9.90 Å². The van der Waals surface area contributed by atoms with Gasteiger partial charge in [-0.2, -0.15) is 4.37 Å². The molecule has 0 bridgehead atoms. The maximum absolute atomic E-state index is 10.9. The average Bonchev–Trinajstić information content (AvgIpc) is 3.11. The van der Waals surface area contributed by atoms with Crippen LogP contribution in [0.2, 0.25) is 0 Å². The highest BCUT2D eigenvalue weighted by Gasteiger charge is 2.27. The van der Waals surface area contributed by atoms with E-state index < -0.39 is 5.97 Å². The summed E-state index contributed by atoms with van der Waals surface area (Å²) in [6.45, 7) is 0. The maximum atomic E-state index is 10.9. The molecular weight excluding hydrogens is 268 g/mol. The first-order valence-corrected chi connectivity index (χ1v) is 7.16. The normalized spacial score (nSPS) is 14.7. The Kier molecular flexibility index (Phi) is 3.05. The average molecular weight is 278 g/mol. The van der Waals surface area contributed by atoms with E-state index in [9.17, 15) is 4.79 Å². The number of hydrogen-bond acceptors (Lipinski definition) is 5. The topological polar surface area (TPSA) is 63.1 Å². The van der Waals surface area contributed by atoms with E-state index in [1.165, 1.54) is 36.1 Å². The summed E-state index contributed by atoms with van der Waals surface area (Å²) in [6.07, 6.45) is 2.38. The van der Waals surface area contributed by atoms with Gasteiger partial charge in [-0.15, -0.1) is 0 Å². The van der Waals surface area contributed by atoms with Crippen molar-refractivity contribution in [1.82, 2.24) is 9.36 Å². The largest absolute Gasteiger partial charge is 0.478 e. The zero-order valence-corrected chi connectivity index (χ0v) is 11.0. The van der Waals surface area contributed by atoms with Gasteiger partial charge in [0, 0.05) is 10.8 Å². The van der Waals surface area contributed by atoms with Crippen LogP contribution in [-0.2, 0) is 0 Å². The Balaban J connectivity index is 1.78. The zero-order valence-electron chi connectivity index (χ0n) is 9.37. The Bertz CT molecular complexity index is 593. The van der Waals surface area contributed by atoms with Gasteiger partial charge in [-0.05, 0) is 42.6 Å². The summed E-state index contributed by atoms with van der Waals surface area (Å²) in [5.41, 5.74) is 0.298. The molecule has 1 saturated carbocycles. The summed E-state index contributed by atoms with van der Waals surface area (Å²) >= 11 is 2.85. The zero-order chi connectivity index (χ0) is 12.5. The number of carbonyl (C=O) groups is 1. The van der Waals surface area contributed by atoms with Crippen molar-refractivity contribution in [3.05, 3.63) is 35.7 Å².